The van der Waals surface area contributed by atoms with Crippen molar-refractivity contribution in [3.8, 4) is 16.9 Å². The summed E-state index contributed by atoms with van der Waals surface area (Å²) in [5, 5.41) is 5.41. The molecule has 176 valence electrons. The second-order valence-electron chi connectivity index (χ2n) is 8.70. The highest BCUT2D eigenvalue weighted by Gasteiger charge is 2.33. The van der Waals surface area contributed by atoms with E-state index in [0.29, 0.717) is 55.8 Å². The van der Waals surface area contributed by atoms with E-state index in [1.807, 2.05) is 65.6 Å². The number of morpholine rings is 1. The minimum atomic E-state index is -0.181. The van der Waals surface area contributed by atoms with Crippen LogP contribution in [0.5, 0.6) is 0 Å². The number of nitrogens with zero attached hydrogens (tertiary/aromatic N) is 4. The van der Waals surface area contributed by atoms with E-state index in [1.54, 1.807) is 9.58 Å². The van der Waals surface area contributed by atoms with Crippen molar-refractivity contribution in [1.29, 1.82) is 0 Å². The Bertz CT molecular complexity index is 1160. The predicted molar refractivity (Wildman–Crippen MR) is 130 cm³/mol. The molecule has 8 heteroatoms. The van der Waals surface area contributed by atoms with Gasteiger partial charge in [0.15, 0.2) is 0 Å². The molecule has 0 radical (unpaired) electrons. The lowest BCUT2D eigenvalue weighted by Gasteiger charge is -2.36. The third kappa shape index (κ3) is 4.72. The highest BCUT2D eigenvalue weighted by molar-refractivity contribution is 6.30. The van der Waals surface area contributed by atoms with Crippen LogP contribution in [0.1, 0.15) is 23.3 Å². The highest BCUT2D eigenvalue weighted by Crippen LogP contribution is 2.26. The van der Waals surface area contributed by atoms with Crippen LogP contribution in [0.25, 0.3) is 16.9 Å². The van der Waals surface area contributed by atoms with Gasteiger partial charge in [0, 0.05) is 36.8 Å². The first-order valence-electron chi connectivity index (χ1n) is 11.7. The Kier molecular flexibility index (Phi) is 6.65. The lowest BCUT2D eigenvalue weighted by atomic mass is 9.96. The summed E-state index contributed by atoms with van der Waals surface area (Å²) in [4.78, 5) is 30.5. The van der Waals surface area contributed by atoms with Crippen molar-refractivity contribution >= 4 is 23.4 Å². The Morgan fingerprint density at radius 2 is 1.68 bits per heavy atom. The zero-order valence-electron chi connectivity index (χ0n) is 18.9. The number of likely N-dealkylation sites (tertiary alicyclic amines) is 1. The molecule has 0 N–H and O–H groups in total. The van der Waals surface area contributed by atoms with Crippen molar-refractivity contribution in [3.63, 3.8) is 0 Å². The quantitative estimate of drug-likeness (QED) is 0.570. The molecule has 3 aromatic rings. The first kappa shape index (κ1) is 22.6. The fraction of sp³-hybridized carbons (Fsp3) is 0.346. The molecular formula is C26H27ClN4O3. The van der Waals surface area contributed by atoms with Crippen LogP contribution in [0.4, 0.5) is 0 Å². The topological polar surface area (TPSA) is 67.7 Å². The summed E-state index contributed by atoms with van der Waals surface area (Å²) in [6.07, 6.45) is 1.60. The number of ether oxygens (including phenoxy) is 1. The first-order valence-corrected chi connectivity index (χ1v) is 12.1. The van der Waals surface area contributed by atoms with Gasteiger partial charge in [0.1, 0.15) is 5.69 Å². The third-order valence-corrected chi connectivity index (χ3v) is 6.70. The number of hydrogen-bond donors (Lipinski definition) is 0. The number of rotatable bonds is 4. The number of carbonyl (C=O) groups excluding carboxylic acids is 2. The van der Waals surface area contributed by atoms with Crippen molar-refractivity contribution in [1.82, 2.24) is 19.6 Å². The van der Waals surface area contributed by atoms with Crippen molar-refractivity contribution in [2.45, 2.75) is 12.8 Å². The Morgan fingerprint density at radius 3 is 2.41 bits per heavy atom. The van der Waals surface area contributed by atoms with Crippen molar-refractivity contribution < 1.29 is 14.3 Å². The van der Waals surface area contributed by atoms with Gasteiger partial charge >= 0.3 is 0 Å². The van der Waals surface area contributed by atoms with Gasteiger partial charge in [0.05, 0.1) is 30.5 Å². The summed E-state index contributed by atoms with van der Waals surface area (Å²) in [6, 6.07) is 18.9. The number of piperidine rings is 1. The second-order valence-corrected chi connectivity index (χ2v) is 9.13. The number of amides is 2. The molecule has 34 heavy (non-hydrogen) atoms. The van der Waals surface area contributed by atoms with Gasteiger partial charge in [-0.25, -0.2) is 4.68 Å². The second kappa shape index (κ2) is 9.99. The Morgan fingerprint density at radius 1 is 0.941 bits per heavy atom. The molecule has 2 amide bonds. The van der Waals surface area contributed by atoms with E-state index in [2.05, 4.69) is 0 Å². The maximum Gasteiger partial charge on any atom is 0.272 e. The first-order chi connectivity index (χ1) is 16.6. The number of aromatic nitrogens is 2. The minimum Gasteiger partial charge on any atom is -0.378 e. The van der Waals surface area contributed by atoms with Crippen molar-refractivity contribution in [2.24, 2.45) is 5.92 Å². The number of hydrogen-bond acceptors (Lipinski definition) is 4. The Labute approximate surface area is 203 Å². The van der Waals surface area contributed by atoms with Crippen LogP contribution in [0.2, 0.25) is 5.02 Å². The van der Waals surface area contributed by atoms with E-state index in [4.69, 9.17) is 21.4 Å². The van der Waals surface area contributed by atoms with Gasteiger partial charge in [-0.2, -0.15) is 5.10 Å². The molecule has 0 saturated carbocycles. The van der Waals surface area contributed by atoms with Gasteiger partial charge in [0.2, 0.25) is 5.91 Å². The van der Waals surface area contributed by atoms with E-state index in [0.717, 1.165) is 24.1 Å². The van der Waals surface area contributed by atoms with Crippen LogP contribution in [0.3, 0.4) is 0 Å². The Hall–Kier alpha value is -3.16. The average molecular weight is 479 g/mol. The zero-order chi connectivity index (χ0) is 23.5. The van der Waals surface area contributed by atoms with Crippen LogP contribution >= 0.6 is 11.6 Å². The molecule has 3 heterocycles. The molecule has 2 aliphatic heterocycles. The van der Waals surface area contributed by atoms with Gasteiger partial charge < -0.3 is 14.5 Å². The zero-order valence-corrected chi connectivity index (χ0v) is 19.7. The Balaban J connectivity index is 1.43. The van der Waals surface area contributed by atoms with E-state index >= 15 is 0 Å². The van der Waals surface area contributed by atoms with Gasteiger partial charge in [-0.05, 0) is 43.2 Å². The fourth-order valence-electron chi connectivity index (χ4n) is 4.63. The molecule has 1 aromatic heterocycles. The van der Waals surface area contributed by atoms with Crippen molar-refractivity contribution in [2.75, 3.05) is 39.4 Å². The van der Waals surface area contributed by atoms with E-state index < -0.39 is 0 Å². The maximum atomic E-state index is 13.7. The molecule has 2 aliphatic rings. The van der Waals surface area contributed by atoms with Crippen LogP contribution in [0.15, 0.2) is 60.7 Å². The van der Waals surface area contributed by atoms with Crippen LogP contribution in [-0.4, -0.2) is 70.8 Å². The maximum absolute atomic E-state index is 13.7. The standard InChI is InChI=1S/C26H27ClN4O3/c27-21-10-8-19(9-11-21)23-17-24(31(28-23)22-6-2-1-3-7-22)26(33)30-12-4-5-20(18-30)25(32)29-13-15-34-16-14-29/h1-3,6-11,17,20H,4-5,12-16,18H2. The molecule has 1 atom stereocenters. The molecule has 2 fully saturated rings. The summed E-state index contributed by atoms with van der Waals surface area (Å²) in [7, 11) is 0. The molecule has 1 unspecified atom stereocenters. The van der Waals surface area contributed by atoms with Gasteiger partial charge in [-0.3, -0.25) is 9.59 Å². The molecule has 2 aromatic carbocycles. The molecule has 0 bridgehead atoms. The molecule has 0 aliphatic carbocycles. The smallest absolute Gasteiger partial charge is 0.272 e. The largest absolute Gasteiger partial charge is 0.378 e. The molecule has 0 spiro atoms. The summed E-state index contributed by atoms with van der Waals surface area (Å²) >= 11 is 6.05. The third-order valence-electron chi connectivity index (χ3n) is 6.45. The van der Waals surface area contributed by atoms with Gasteiger partial charge in [-0.1, -0.05) is 41.9 Å². The molecule has 2 saturated heterocycles. The lowest BCUT2D eigenvalue weighted by molar-refractivity contribution is -0.141. The predicted octanol–water partition coefficient (Wildman–Crippen LogP) is 3.90. The van der Waals surface area contributed by atoms with Gasteiger partial charge in [0.25, 0.3) is 5.91 Å². The molecular weight excluding hydrogens is 452 g/mol. The fourth-order valence-corrected chi connectivity index (χ4v) is 4.75. The molecule has 5 rings (SSSR count). The van der Waals surface area contributed by atoms with Crippen LogP contribution < -0.4 is 0 Å². The summed E-state index contributed by atoms with van der Waals surface area (Å²) in [6.45, 7) is 3.44. The van der Waals surface area contributed by atoms with E-state index in [-0.39, 0.29) is 17.7 Å². The number of benzene rings is 2. The monoisotopic (exact) mass is 478 g/mol. The average Bonchev–Trinajstić information content (AvgIpc) is 3.35. The summed E-state index contributed by atoms with van der Waals surface area (Å²) < 4.78 is 7.07. The highest BCUT2D eigenvalue weighted by atomic mass is 35.5. The number of carbonyl (C=O) groups is 2. The normalized spacial score (nSPS) is 18.7. The summed E-state index contributed by atoms with van der Waals surface area (Å²) in [5.41, 5.74) is 2.87. The van der Waals surface area contributed by atoms with E-state index in [9.17, 15) is 9.59 Å². The number of para-hydroxylation sites is 1. The minimum absolute atomic E-state index is 0.115. The SMILES string of the molecule is O=C(c1cc(-c2ccc(Cl)cc2)nn1-c1ccccc1)N1CCCC(C(=O)N2CCOCC2)C1. The molecule has 7 nitrogen and oxygen atoms in total. The number of halogens is 1. The van der Waals surface area contributed by atoms with Crippen molar-refractivity contribution in [3.05, 3.63) is 71.4 Å². The lowest BCUT2D eigenvalue weighted by Crippen LogP contribution is -2.49. The van der Waals surface area contributed by atoms with Crippen LogP contribution in [-0.2, 0) is 9.53 Å². The summed E-state index contributed by atoms with van der Waals surface area (Å²) in [5.74, 6) is -0.171. The van der Waals surface area contributed by atoms with Crippen LogP contribution in [0, 0.1) is 5.92 Å². The van der Waals surface area contributed by atoms with E-state index in [1.165, 1.54) is 0 Å². The van der Waals surface area contributed by atoms with Gasteiger partial charge in [-0.15, -0.1) is 0 Å².